The monoisotopic (exact) mass is 346 g/mol. The van der Waals surface area contributed by atoms with Crippen molar-refractivity contribution in [1.29, 1.82) is 0 Å². The van der Waals surface area contributed by atoms with Crippen LogP contribution in [0.2, 0.25) is 0 Å². The molecule has 0 amide bonds. The summed E-state index contributed by atoms with van der Waals surface area (Å²) in [5.41, 5.74) is 1.00. The number of aromatic nitrogens is 3. The van der Waals surface area contributed by atoms with E-state index in [4.69, 9.17) is 4.42 Å². The average Bonchev–Trinajstić information content (AvgIpc) is 3.26. The lowest BCUT2D eigenvalue weighted by atomic mass is 10.3. The lowest BCUT2D eigenvalue weighted by molar-refractivity contribution is 0.589. The van der Waals surface area contributed by atoms with Gasteiger partial charge in [0.1, 0.15) is 0 Å². The number of nitrogens with one attached hydrogen (secondary N) is 1. The number of nitrogens with zero attached hydrogens (tertiary/aromatic N) is 3. The molecule has 5 nitrogen and oxygen atoms in total. The van der Waals surface area contributed by atoms with Gasteiger partial charge in [-0.25, -0.2) is 4.98 Å². The van der Waals surface area contributed by atoms with E-state index in [9.17, 15) is 0 Å². The Bertz CT molecular complexity index is 913. The fourth-order valence-corrected chi connectivity index (χ4v) is 4.16. The summed E-state index contributed by atoms with van der Waals surface area (Å²) in [6.45, 7) is 0. The first-order chi connectivity index (χ1) is 10.8. The Morgan fingerprint density at radius 1 is 1.18 bits per heavy atom. The van der Waals surface area contributed by atoms with Crippen LogP contribution in [-0.4, -0.2) is 21.4 Å². The quantitative estimate of drug-likeness (QED) is 0.532. The van der Waals surface area contributed by atoms with Crippen molar-refractivity contribution in [3.63, 3.8) is 0 Å². The van der Waals surface area contributed by atoms with Crippen LogP contribution in [0.4, 0.5) is 11.1 Å². The number of rotatable bonds is 4. The number of thiazole rings is 1. The van der Waals surface area contributed by atoms with Gasteiger partial charge in [-0.1, -0.05) is 28.6 Å². The van der Waals surface area contributed by atoms with Gasteiger partial charge in [0.05, 0.1) is 15.1 Å². The van der Waals surface area contributed by atoms with E-state index in [2.05, 4.69) is 32.6 Å². The molecule has 8 heteroatoms. The third-order valence-electron chi connectivity index (χ3n) is 2.97. The third-order valence-corrected chi connectivity index (χ3v) is 5.54. The van der Waals surface area contributed by atoms with Crippen LogP contribution in [0.5, 0.6) is 0 Å². The van der Waals surface area contributed by atoms with Crippen LogP contribution in [0.25, 0.3) is 21.0 Å². The highest BCUT2D eigenvalue weighted by Crippen LogP contribution is 2.34. The average molecular weight is 346 g/mol. The molecular formula is C14H10N4OS3. The summed E-state index contributed by atoms with van der Waals surface area (Å²) in [6.07, 6.45) is 2.05. The van der Waals surface area contributed by atoms with Crippen LogP contribution in [-0.2, 0) is 0 Å². The van der Waals surface area contributed by atoms with Crippen molar-refractivity contribution in [3.05, 3.63) is 35.7 Å². The molecule has 1 aromatic carbocycles. The first-order valence-corrected chi connectivity index (χ1v) is 9.33. The molecule has 0 atom stereocenters. The Hall–Kier alpha value is -1.90. The van der Waals surface area contributed by atoms with Gasteiger partial charge in [-0.2, -0.15) is 0 Å². The predicted octanol–water partition coefficient (Wildman–Crippen LogP) is 4.87. The minimum atomic E-state index is 0.355. The number of para-hydroxylation sites is 1. The number of hydrogen-bond acceptors (Lipinski definition) is 8. The molecule has 0 radical (unpaired) electrons. The van der Waals surface area contributed by atoms with E-state index in [1.54, 1.807) is 34.4 Å². The van der Waals surface area contributed by atoms with E-state index in [0.29, 0.717) is 11.9 Å². The zero-order valence-electron chi connectivity index (χ0n) is 11.4. The second kappa shape index (κ2) is 5.71. The Kier molecular flexibility index (Phi) is 3.57. The summed E-state index contributed by atoms with van der Waals surface area (Å²) >= 11 is 4.82. The van der Waals surface area contributed by atoms with Crippen molar-refractivity contribution in [2.45, 2.75) is 4.90 Å². The molecule has 3 aromatic heterocycles. The molecule has 0 aliphatic rings. The van der Waals surface area contributed by atoms with Gasteiger partial charge < -0.3 is 4.42 Å². The van der Waals surface area contributed by atoms with Crippen molar-refractivity contribution in [3.8, 4) is 10.8 Å². The summed E-state index contributed by atoms with van der Waals surface area (Å²) in [7, 11) is 0. The topological polar surface area (TPSA) is 63.8 Å². The van der Waals surface area contributed by atoms with Crippen LogP contribution < -0.4 is 5.32 Å². The van der Waals surface area contributed by atoms with Crippen LogP contribution in [0.15, 0.2) is 45.0 Å². The highest BCUT2D eigenvalue weighted by molar-refractivity contribution is 7.98. The SMILES string of the molecule is CSc1cccc2sc(Nc3nnc(-c4cccs4)o3)nc12. The normalized spacial score (nSPS) is 11.1. The van der Waals surface area contributed by atoms with Crippen molar-refractivity contribution in [2.75, 3.05) is 11.6 Å². The second-order valence-corrected chi connectivity index (χ2v) is 7.17. The van der Waals surface area contributed by atoms with Crippen LogP contribution in [0.3, 0.4) is 0 Å². The van der Waals surface area contributed by atoms with E-state index in [1.165, 1.54) is 0 Å². The summed E-state index contributed by atoms with van der Waals surface area (Å²) in [5, 5.41) is 13.9. The predicted molar refractivity (Wildman–Crippen MR) is 92.3 cm³/mol. The van der Waals surface area contributed by atoms with E-state index in [0.717, 1.165) is 25.1 Å². The molecule has 4 aromatic rings. The van der Waals surface area contributed by atoms with Crippen LogP contribution >= 0.6 is 34.4 Å². The van der Waals surface area contributed by atoms with Gasteiger partial charge in [-0.3, -0.25) is 5.32 Å². The summed E-state index contributed by atoms with van der Waals surface area (Å²) < 4.78 is 6.75. The molecular weight excluding hydrogens is 336 g/mol. The van der Waals surface area contributed by atoms with Crippen molar-refractivity contribution >= 4 is 55.8 Å². The first kappa shape index (κ1) is 13.7. The van der Waals surface area contributed by atoms with E-state index < -0.39 is 0 Å². The van der Waals surface area contributed by atoms with Gasteiger partial charge in [0.25, 0.3) is 5.89 Å². The molecule has 22 heavy (non-hydrogen) atoms. The summed E-state index contributed by atoms with van der Waals surface area (Å²) in [4.78, 5) is 6.72. The van der Waals surface area contributed by atoms with Gasteiger partial charge in [0, 0.05) is 4.90 Å². The molecule has 110 valence electrons. The van der Waals surface area contributed by atoms with Crippen LogP contribution in [0, 0.1) is 0 Å². The van der Waals surface area contributed by atoms with Crippen molar-refractivity contribution in [2.24, 2.45) is 0 Å². The fourth-order valence-electron chi connectivity index (χ4n) is 2.01. The molecule has 4 rings (SSSR count). The zero-order valence-corrected chi connectivity index (χ0v) is 13.9. The van der Waals surface area contributed by atoms with Crippen molar-refractivity contribution in [1.82, 2.24) is 15.2 Å². The number of fused-ring (bicyclic) bond motifs is 1. The maximum atomic E-state index is 5.62. The molecule has 0 unspecified atom stereocenters. The van der Waals surface area contributed by atoms with E-state index >= 15 is 0 Å². The Morgan fingerprint density at radius 2 is 2.14 bits per heavy atom. The zero-order chi connectivity index (χ0) is 14.9. The minimum absolute atomic E-state index is 0.355. The van der Waals surface area contributed by atoms with Gasteiger partial charge in [0.15, 0.2) is 5.13 Å². The largest absolute Gasteiger partial charge is 0.402 e. The molecule has 0 fully saturated rings. The maximum Gasteiger partial charge on any atom is 0.322 e. The number of hydrogen-bond donors (Lipinski definition) is 1. The molecule has 3 heterocycles. The molecule has 0 aliphatic carbocycles. The number of thioether (sulfide) groups is 1. The number of benzene rings is 1. The first-order valence-electron chi connectivity index (χ1n) is 6.41. The second-order valence-electron chi connectivity index (χ2n) is 4.34. The molecule has 0 saturated carbocycles. The lowest BCUT2D eigenvalue weighted by Gasteiger charge is -1.95. The summed E-state index contributed by atoms with van der Waals surface area (Å²) in [5.74, 6) is 0.517. The molecule has 0 spiro atoms. The number of thiophene rings is 1. The van der Waals surface area contributed by atoms with Crippen LogP contribution in [0.1, 0.15) is 0 Å². The van der Waals surface area contributed by atoms with E-state index in [-0.39, 0.29) is 0 Å². The fraction of sp³-hybridized carbons (Fsp3) is 0.0714. The maximum absolute atomic E-state index is 5.62. The lowest BCUT2D eigenvalue weighted by Crippen LogP contribution is -1.88. The highest BCUT2D eigenvalue weighted by atomic mass is 32.2. The molecule has 1 N–H and O–H groups in total. The van der Waals surface area contributed by atoms with Crippen molar-refractivity contribution < 1.29 is 4.42 Å². The third kappa shape index (κ3) is 2.49. The smallest absolute Gasteiger partial charge is 0.322 e. The van der Waals surface area contributed by atoms with Gasteiger partial charge in [-0.15, -0.1) is 28.2 Å². The Labute approximate surface area is 138 Å². The van der Waals surface area contributed by atoms with Gasteiger partial charge >= 0.3 is 6.01 Å². The molecule has 0 bridgehead atoms. The molecule has 0 saturated heterocycles. The van der Waals surface area contributed by atoms with Gasteiger partial charge in [0.2, 0.25) is 0 Å². The number of anilines is 2. The summed E-state index contributed by atoms with van der Waals surface area (Å²) in [6, 6.07) is 10.4. The Morgan fingerprint density at radius 3 is 2.95 bits per heavy atom. The highest BCUT2D eigenvalue weighted by Gasteiger charge is 2.12. The molecule has 0 aliphatic heterocycles. The Balaban J connectivity index is 1.64. The standard InChI is InChI=1S/C14H10N4OS3/c1-20-8-4-2-5-9-11(8)15-14(22-9)16-13-18-17-12(19-13)10-6-3-7-21-10/h2-7H,1H3,(H,15,16,18). The van der Waals surface area contributed by atoms with Gasteiger partial charge in [-0.05, 0) is 29.8 Å². The van der Waals surface area contributed by atoms with E-state index in [1.807, 2.05) is 29.8 Å². The minimum Gasteiger partial charge on any atom is -0.402 e.